The number of ether oxygens (including phenoxy) is 2. The second-order valence-corrected chi connectivity index (χ2v) is 6.70. The van der Waals surface area contributed by atoms with Gasteiger partial charge in [-0.2, -0.15) is 0 Å². The van der Waals surface area contributed by atoms with E-state index in [1.807, 2.05) is 11.4 Å². The maximum absolute atomic E-state index is 10.4. The Kier molecular flexibility index (Phi) is 4.21. The quantitative estimate of drug-likeness (QED) is 0.873. The first-order valence-electron chi connectivity index (χ1n) is 6.14. The fourth-order valence-electron chi connectivity index (χ4n) is 2.09. The molecule has 3 nitrogen and oxygen atoms in total. The fraction of sp³-hybridized carbons (Fsp3) is 0.286. The predicted molar refractivity (Wildman–Crippen MR) is 83.1 cm³/mol. The maximum atomic E-state index is 10.4. The van der Waals surface area contributed by atoms with Gasteiger partial charge >= 0.3 is 0 Å². The number of halogens is 2. The molecule has 0 spiro atoms. The van der Waals surface area contributed by atoms with Crippen LogP contribution in [0.3, 0.4) is 0 Å². The molecule has 1 N–H and O–H groups in total. The van der Waals surface area contributed by atoms with Crippen molar-refractivity contribution in [1.82, 2.24) is 0 Å². The lowest BCUT2D eigenvalue weighted by Crippen LogP contribution is -2.16. The Labute approximate surface area is 134 Å². The molecule has 106 valence electrons. The van der Waals surface area contributed by atoms with Gasteiger partial charge in [-0.25, -0.2) is 0 Å². The number of thiophene rings is 1. The van der Waals surface area contributed by atoms with Gasteiger partial charge in [0.05, 0.1) is 11.1 Å². The lowest BCUT2D eigenvalue weighted by molar-refractivity contribution is 0.165. The van der Waals surface area contributed by atoms with Crippen LogP contribution in [-0.4, -0.2) is 18.3 Å². The molecule has 3 rings (SSSR count). The van der Waals surface area contributed by atoms with E-state index in [0.29, 0.717) is 36.2 Å². The summed E-state index contributed by atoms with van der Waals surface area (Å²) in [6.45, 7) is 0.996. The molecule has 2 aromatic rings. The molecular weight excluding hydrogens is 364 g/mol. The average molecular weight is 376 g/mol. The van der Waals surface area contributed by atoms with Crippen molar-refractivity contribution in [3.05, 3.63) is 43.5 Å². The lowest BCUT2D eigenvalue weighted by Gasteiger charge is -2.21. The van der Waals surface area contributed by atoms with Gasteiger partial charge in [0.15, 0.2) is 11.5 Å². The van der Waals surface area contributed by atoms with Gasteiger partial charge in [-0.05, 0) is 45.1 Å². The molecule has 2 heterocycles. The number of aliphatic hydroxyl groups is 1. The maximum Gasteiger partial charge on any atom is 0.179 e. The zero-order valence-corrected chi connectivity index (χ0v) is 13.6. The summed E-state index contributed by atoms with van der Waals surface area (Å²) >= 11 is 11.3. The first-order valence-corrected chi connectivity index (χ1v) is 8.19. The van der Waals surface area contributed by atoms with Crippen LogP contribution in [0.2, 0.25) is 5.02 Å². The predicted octanol–water partition coefficient (Wildman–Crippen LogP) is 4.21. The minimum Gasteiger partial charge on any atom is -0.486 e. The first kappa shape index (κ1) is 14.2. The minimum atomic E-state index is -0.627. The number of hydrogen-bond donors (Lipinski definition) is 1. The van der Waals surface area contributed by atoms with Crippen molar-refractivity contribution in [2.75, 3.05) is 13.2 Å². The largest absolute Gasteiger partial charge is 0.486 e. The van der Waals surface area contributed by atoms with Crippen LogP contribution in [0.5, 0.6) is 11.5 Å². The third-order valence-corrected chi connectivity index (χ3v) is 5.30. The molecule has 0 radical (unpaired) electrons. The van der Waals surface area contributed by atoms with Crippen molar-refractivity contribution < 1.29 is 14.6 Å². The van der Waals surface area contributed by atoms with E-state index in [1.54, 1.807) is 23.5 Å². The highest BCUT2D eigenvalue weighted by molar-refractivity contribution is 9.10. The van der Waals surface area contributed by atoms with Crippen LogP contribution in [0.25, 0.3) is 0 Å². The smallest absolute Gasteiger partial charge is 0.179 e. The van der Waals surface area contributed by atoms with E-state index >= 15 is 0 Å². The van der Waals surface area contributed by atoms with Gasteiger partial charge in [0.2, 0.25) is 0 Å². The van der Waals surface area contributed by atoms with Crippen LogP contribution < -0.4 is 9.47 Å². The normalized spacial score (nSPS) is 15.2. The van der Waals surface area contributed by atoms with Gasteiger partial charge in [-0.1, -0.05) is 11.6 Å². The van der Waals surface area contributed by atoms with E-state index in [-0.39, 0.29) is 0 Å². The van der Waals surface area contributed by atoms with Gasteiger partial charge in [0, 0.05) is 15.8 Å². The minimum absolute atomic E-state index is 0.474. The van der Waals surface area contributed by atoms with Gasteiger partial charge in [0.25, 0.3) is 0 Å². The van der Waals surface area contributed by atoms with E-state index in [4.69, 9.17) is 21.1 Å². The molecule has 0 aliphatic carbocycles. The lowest BCUT2D eigenvalue weighted by atomic mass is 10.0. The molecule has 20 heavy (non-hydrogen) atoms. The zero-order chi connectivity index (χ0) is 14.1. The standard InChI is InChI=1S/C14H12BrClO3S/c15-9-1-4-20-13(9)7-11(17)8-5-10(16)14-12(6-8)18-2-3-19-14/h1,4-6,11,17H,2-3,7H2. The summed E-state index contributed by atoms with van der Waals surface area (Å²) in [6.07, 6.45) is -0.0907. The molecule has 0 saturated carbocycles. The molecule has 0 saturated heterocycles. The first-order chi connectivity index (χ1) is 9.65. The van der Waals surface area contributed by atoms with E-state index in [2.05, 4.69) is 15.9 Å². The van der Waals surface area contributed by atoms with Crippen molar-refractivity contribution in [2.45, 2.75) is 12.5 Å². The van der Waals surface area contributed by atoms with Crippen molar-refractivity contribution in [3.8, 4) is 11.5 Å². The van der Waals surface area contributed by atoms with Crippen LogP contribution in [0.1, 0.15) is 16.5 Å². The van der Waals surface area contributed by atoms with Crippen LogP contribution in [0.15, 0.2) is 28.1 Å². The zero-order valence-electron chi connectivity index (χ0n) is 10.4. The fourth-order valence-corrected chi connectivity index (χ4v) is 3.91. The monoisotopic (exact) mass is 374 g/mol. The topological polar surface area (TPSA) is 38.7 Å². The number of benzene rings is 1. The average Bonchev–Trinajstić information content (AvgIpc) is 2.84. The SMILES string of the molecule is OC(Cc1sccc1Br)c1cc(Cl)c2c(c1)OCCO2. The molecule has 1 aliphatic rings. The molecule has 6 heteroatoms. The number of fused-ring (bicyclic) bond motifs is 1. The van der Waals surface area contributed by atoms with E-state index < -0.39 is 6.10 Å². The molecule has 1 aromatic carbocycles. The third kappa shape index (κ3) is 2.81. The second kappa shape index (κ2) is 5.93. The van der Waals surface area contributed by atoms with Crippen molar-refractivity contribution in [2.24, 2.45) is 0 Å². The van der Waals surface area contributed by atoms with Crippen molar-refractivity contribution in [3.63, 3.8) is 0 Å². The van der Waals surface area contributed by atoms with Crippen LogP contribution in [0.4, 0.5) is 0 Å². The van der Waals surface area contributed by atoms with Crippen LogP contribution >= 0.6 is 38.9 Å². The number of rotatable bonds is 3. The van der Waals surface area contributed by atoms with E-state index in [9.17, 15) is 5.11 Å². The molecule has 1 atom stereocenters. The summed E-state index contributed by atoms with van der Waals surface area (Å²) in [5.41, 5.74) is 0.736. The summed E-state index contributed by atoms with van der Waals surface area (Å²) in [6, 6.07) is 5.51. The molecule has 0 fully saturated rings. The van der Waals surface area contributed by atoms with Gasteiger partial charge in [-0.3, -0.25) is 0 Å². The van der Waals surface area contributed by atoms with Gasteiger partial charge < -0.3 is 14.6 Å². The van der Waals surface area contributed by atoms with Crippen molar-refractivity contribution >= 4 is 38.9 Å². The summed E-state index contributed by atoms with van der Waals surface area (Å²) in [5.74, 6) is 1.16. The molecule has 1 aromatic heterocycles. The Bertz CT molecular complexity index is 629. The Morgan fingerprint density at radius 2 is 2.15 bits per heavy atom. The molecule has 1 unspecified atom stereocenters. The van der Waals surface area contributed by atoms with Gasteiger partial charge in [0.1, 0.15) is 13.2 Å². The highest BCUT2D eigenvalue weighted by Crippen LogP contribution is 2.40. The van der Waals surface area contributed by atoms with Crippen LogP contribution in [-0.2, 0) is 6.42 Å². The number of aliphatic hydroxyl groups excluding tert-OH is 1. The Balaban J connectivity index is 1.86. The third-order valence-electron chi connectivity index (χ3n) is 3.07. The van der Waals surface area contributed by atoms with Crippen LogP contribution in [0, 0.1) is 0 Å². The Morgan fingerprint density at radius 1 is 1.35 bits per heavy atom. The molecule has 1 aliphatic heterocycles. The van der Waals surface area contributed by atoms with E-state index in [0.717, 1.165) is 14.9 Å². The molecule has 0 amide bonds. The Morgan fingerprint density at radius 3 is 2.90 bits per heavy atom. The molecular formula is C14H12BrClO3S. The van der Waals surface area contributed by atoms with E-state index in [1.165, 1.54) is 0 Å². The van der Waals surface area contributed by atoms with Crippen molar-refractivity contribution in [1.29, 1.82) is 0 Å². The highest BCUT2D eigenvalue weighted by atomic mass is 79.9. The summed E-state index contributed by atoms with van der Waals surface area (Å²) in [7, 11) is 0. The second-order valence-electron chi connectivity index (χ2n) is 4.44. The highest BCUT2D eigenvalue weighted by Gasteiger charge is 2.20. The molecule has 0 bridgehead atoms. The Hall–Kier alpha value is -0.750. The van der Waals surface area contributed by atoms with Gasteiger partial charge in [-0.15, -0.1) is 11.3 Å². The summed E-state index contributed by atoms with van der Waals surface area (Å²) in [5, 5.41) is 12.8. The number of hydrogen-bond acceptors (Lipinski definition) is 4. The summed E-state index contributed by atoms with van der Waals surface area (Å²) in [4.78, 5) is 1.10. The summed E-state index contributed by atoms with van der Waals surface area (Å²) < 4.78 is 12.0.